The molecule has 4 aromatic rings. The van der Waals surface area contributed by atoms with Gasteiger partial charge in [-0.05, 0) is 66.9 Å². The normalized spacial score (nSPS) is 11.4. The fourth-order valence-electron chi connectivity index (χ4n) is 4.18. The first-order valence-electron chi connectivity index (χ1n) is 12.6. The van der Waals surface area contributed by atoms with E-state index in [4.69, 9.17) is 9.72 Å². The Hall–Kier alpha value is -3.93. The van der Waals surface area contributed by atoms with E-state index in [0.717, 1.165) is 45.4 Å². The molecule has 2 heterocycles. The molecule has 0 saturated heterocycles. The van der Waals surface area contributed by atoms with E-state index in [9.17, 15) is 9.59 Å². The van der Waals surface area contributed by atoms with E-state index in [1.807, 2.05) is 54.6 Å². The number of methoxy groups -OCH3 is 1. The summed E-state index contributed by atoms with van der Waals surface area (Å²) in [5, 5.41) is 4.82. The molecule has 6 nitrogen and oxygen atoms in total. The maximum atomic E-state index is 12.8. The van der Waals surface area contributed by atoms with Crippen molar-refractivity contribution in [2.45, 2.75) is 52.0 Å². The summed E-state index contributed by atoms with van der Waals surface area (Å²) in [4.78, 5) is 33.2. The van der Waals surface area contributed by atoms with E-state index in [1.54, 1.807) is 7.11 Å². The van der Waals surface area contributed by atoms with Gasteiger partial charge < -0.3 is 15.0 Å². The fourth-order valence-corrected chi connectivity index (χ4v) is 4.18. The van der Waals surface area contributed by atoms with Gasteiger partial charge in [-0.15, -0.1) is 0 Å². The van der Waals surface area contributed by atoms with Gasteiger partial charge in [0.2, 0.25) is 5.91 Å². The summed E-state index contributed by atoms with van der Waals surface area (Å²) in [6.07, 6.45) is 9.27. The molecule has 2 N–H and O–H groups in total. The number of carbonyl (C=O) groups excluding carboxylic acids is 2. The Morgan fingerprint density at radius 2 is 1.83 bits per heavy atom. The number of nitrogens with zero attached hydrogens (tertiary/aromatic N) is 1. The van der Waals surface area contributed by atoms with Crippen LogP contribution in [0.2, 0.25) is 0 Å². The lowest BCUT2D eigenvalue weighted by atomic mass is 10.0. The highest BCUT2D eigenvalue weighted by Gasteiger charge is 2.13. The van der Waals surface area contributed by atoms with Crippen LogP contribution in [0.3, 0.4) is 0 Å². The monoisotopic (exact) mass is 483 g/mol. The van der Waals surface area contributed by atoms with Crippen LogP contribution in [-0.2, 0) is 11.3 Å². The molecule has 0 aliphatic carbocycles. The summed E-state index contributed by atoms with van der Waals surface area (Å²) in [5.74, 6) is 0.575. The zero-order valence-electron chi connectivity index (χ0n) is 21.0. The smallest absolute Gasteiger partial charge is 0.220 e. The van der Waals surface area contributed by atoms with Crippen molar-refractivity contribution in [3.8, 4) is 5.75 Å². The number of aromatic amines is 1. The van der Waals surface area contributed by atoms with Gasteiger partial charge in [-0.2, -0.15) is 0 Å². The number of carbonyl (C=O) groups is 2. The second kappa shape index (κ2) is 12.2. The van der Waals surface area contributed by atoms with Gasteiger partial charge in [-0.25, -0.2) is 4.98 Å². The second-order valence-corrected chi connectivity index (χ2v) is 8.96. The number of hydrogen-bond acceptors (Lipinski definition) is 4. The summed E-state index contributed by atoms with van der Waals surface area (Å²) in [6.45, 7) is 2.62. The Labute approximate surface area is 211 Å². The Kier molecular flexibility index (Phi) is 8.50. The molecule has 0 spiro atoms. The van der Waals surface area contributed by atoms with E-state index in [2.05, 4.69) is 29.4 Å². The summed E-state index contributed by atoms with van der Waals surface area (Å²) >= 11 is 0. The minimum absolute atomic E-state index is 0.0505. The van der Waals surface area contributed by atoms with Crippen LogP contribution in [0, 0.1) is 0 Å². The molecule has 6 heteroatoms. The van der Waals surface area contributed by atoms with Gasteiger partial charge in [0.1, 0.15) is 11.4 Å². The molecule has 4 rings (SSSR count). The third-order valence-electron chi connectivity index (χ3n) is 6.29. The van der Waals surface area contributed by atoms with Gasteiger partial charge >= 0.3 is 0 Å². The molecular weight excluding hydrogens is 450 g/mol. The first-order chi connectivity index (χ1) is 17.6. The number of allylic oxidation sites excluding steroid dienone is 1. The Balaban J connectivity index is 1.36. The van der Waals surface area contributed by atoms with Crippen LogP contribution in [0.4, 0.5) is 0 Å². The third kappa shape index (κ3) is 6.39. The number of nitrogens with one attached hydrogen (secondary N) is 2. The van der Waals surface area contributed by atoms with Crippen molar-refractivity contribution < 1.29 is 14.3 Å². The first kappa shape index (κ1) is 25.2. The highest BCUT2D eigenvalue weighted by Crippen LogP contribution is 2.26. The van der Waals surface area contributed by atoms with Crippen molar-refractivity contribution in [1.29, 1.82) is 0 Å². The van der Waals surface area contributed by atoms with Crippen LogP contribution in [-0.4, -0.2) is 28.8 Å². The summed E-state index contributed by atoms with van der Waals surface area (Å²) in [5.41, 5.74) is 4.25. The number of unbranched alkanes of at least 4 members (excludes halogenated alkanes) is 3. The molecule has 186 valence electrons. The molecule has 0 unspecified atom stereocenters. The lowest BCUT2D eigenvalue weighted by molar-refractivity contribution is -0.121. The number of H-pyrrole nitrogens is 1. The number of amides is 1. The van der Waals surface area contributed by atoms with Crippen molar-refractivity contribution in [3.63, 3.8) is 0 Å². The maximum Gasteiger partial charge on any atom is 0.220 e. The zero-order chi connectivity index (χ0) is 25.3. The van der Waals surface area contributed by atoms with E-state index in [1.165, 1.54) is 19.3 Å². The van der Waals surface area contributed by atoms with Gasteiger partial charge in [0.15, 0.2) is 5.78 Å². The predicted octanol–water partition coefficient (Wildman–Crippen LogP) is 6.60. The third-order valence-corrected chi connectivity index (χ3v) is 6.29. The highest BCUT2D eigenvalue weighted by atomic mass is 16.5. The summed E-state index contributed by atoms with van der Waals surface area (Å²) in [7, 11) is 1.62. The maximum absolute atomic E-state index is 12.8. The number of benzene rings is 2. The summed E-state index contributed by atoms with van der Waals surface area (Å²) in [6, 6.07) is 17.2. The number of ether oxygens (including phenoxy) is 1. The minimum Gasteiger partial charge on any atom is -0.497 e. The number of Topliss-reactive ketones (excluding diaryl/α,β-unsaturated/α-hetero) is 1. The zero-order valence-corrected chi connectivity index (χ0v) is 21.0. The molecule has 0 fully saturated rings. The van der Waals surface area contributed by atoms with Crippen LogP contribution >= 0.6 is 0 Å². The average molecular weight is 484 g/mol. The van der Waals surface area contributed by atoms with Gasteiger partial charge in [0.25, 0.3) is 0 Å². The molecule has 0 aliphatic heterocycles. The van der Waals surface area contributed by atoms with E-state index in [-0.39, 0.29) is 24.5 Å². The number of hydrogen-bond donors (Lipinski definition) is 2. The average Bonchev–Trinajstić information content (AvgIpc) is 3.27. The number of pyridine rings is 1. The lowest BCUT2D eigenvalue weighted by Crippen LogP contribution is -2.23. The molecule has 0 atom stereocenters. The SMILES string of the molecule is CCCCCC=Cc1ccc2c(n1)[nH]c1ccc(C(=O)CCC(=O)NCc3ccc(OC)cc3)cc12. The number of ketones is 1. The number of aromatic nitrogens is 2. The molecule has 36 heavy (non-hydrogen) atoms. The number of fused-ring (bicyclic) bond motifs is 3. The molecule has 2 aromatic heterocycles. The van der Waals surface area contributed by atoms with Gasteiger partial charge in [-0.3, -0.25) is 9.59 Å². The van der Waals surface area contributed by atoms with Crippen molar-refractivity contribution in [2.24, 2.45) is 0 Å². The predicted molar refractivity (Wildman–Crippen MR) is 145 cm³/mol. The standard InChI is InChI=1S/C30H33N3O3/c1-3-4-5-6-7-8-23-12-15-25-26-19-22(11-16-27(26)33-30(25)32-23)28(34)17-18-29(35)31-20-21-9-13-24(36-2)14-10-21/h7-16,19H,3-6,17-18,20H2,1-2H3,(H,31,35)(H,32,33). The van der Waals surface area contributed by atoms with Crippen molar-refractivity contribution in [3.05, 3.63) is 77.5 Å². The molecule has 1 amide bonds. The molecule has 2 aromatic carbocycles. The number of rotatable bonds is 12. The lowest BCUT2D eigenvalue weighted by Gasteiger charge is -2.06. The minimum atomic E-state index is -0.146. The van der Waals surface area contributed by atoms with Crippen LogP contribution < -0.4 is 10.1 Å². The Morgan fingerprint density at radius 1 is 1.00 bits per heavy atom. The topological polar surface area (TPSA) is 84.1 Å². The molecular formula is C30H33N3O3. The van der Waals surface area contributed by atoms with E-state index < -0.39 is 0 Å². The summed E-state index contributed by atoms with van der Waals surface area (Å²) < 4.78 is 5.14. The Morgan fingerprint density at radius 3 is 2.61 bits per heavy atom. The fraction of sp³-hybridized carbons (Fsp3) is 0.300. The quantitative estimate of drug-likeness (QED) is 0.176. The Bertz CT molecular complexity index is 1370. The van der Waals surface area contributed by atoms with E-state index in [0.29, 0.717) is 12.1 Å². The van der Waals surface area contributed by atoms with Gasteiger partial charge in [0.05, 0.1) is 12.8 Å². The largest absolute Gasteiger partial charge is 0.497 e. The van der Waals surface area contributed by atoms with Crippen LogP contribution in [0.15, 0.2) is 60.7 Å². The highest BCUT2D eigenvalue weighted by molar-refractivity contribution is 6.09. The van der Waals surface area contributed by atoms with Crippen molar-refractivity contribution in [1.82, 2.24) is 15.3 Å². The van der Waals surface area contributed by atoms with Crippen molar-refractivity contribution >= 4 is 39.7 Å². The second-order valence-electron chi connectivity index (χ2n) is 8.96. The molecule has 0 aliphatic rings. The van der Waals surface area contributed by atoms with Gasteiger partial charge in [-0.1, -0.05) is 38.0 Å². The molecule has 0 radical (unpaired) electrons. The first-order valence-corrected chi connectivity index (χ1v) is 12.6. The van der Waals surface area contributed by atoms with Gasteiger partial charge in [0, 0.05) is 41.2 Å². The van der Waals surface area contributed by atoms with Crippen LogP contribution in [0.5, 0.6) is 5.75 Å². The van der Waals surface area contributed by atoms with Crippen LogP contribution in [0.1, 0.15) is 67.1 Å². The molecule has 0 saturated carbocycles. The van der Waals surface area contributed by atoms with E-state index >= 15 is 0 Å². The van der Waals surface area contributed by atoms with Crippen molar-refractivity contribution in [2.75, 3.05) is 7.11 Å². The van der Waals surface area contributed by atoms with Crippen LogP contribution in [0.25, 0.3) is 28.0 Å². The molecule has 0 bridgehead atoms.